The Balaban J connectivity index is 3.13. The summed E-state index contributed by atoms with van der Waals surface area (Å²) in [4.78, 5) is 12.8. The molecule has 0 spiro atoms. The van der Waals surface area contributed by atoms with Crippen LogP contribution < -0.4 is 0 Å². The Bertz CT molecular complexity index is 587. The number of nitrogens with zero attached hydrogens (tertiary/aromatic N) is 1. The molecule has 0 atom stereocenters. The van der Waals surface area contributed by atoms with Crippen LogP contribution in [0.3, 0.4) is 0 Å². The van der Waals surface area contributed by atoms with Gasteiger partial charge in [-0.25, -0.2) is 12.8 Å². The molecule has 106 valence electrons. The summed E-state index contributed by atoms with van der Waals surface area (Å²) in [6.45, 7) is 4.41. The second kappa shape index (κ2) is 5.88. The summed E-state index contributed by atoms with van der Waals surface area (Å²) < 4.78 is 35.7. The van der Waals surface area contributed by atoms with Gasteiger partial charge < -0.3 is 4.90 Å². The average molecular weight is 308 g/mol. The van der Waals surface area contributed by atoms with Crippen LogP contribution >= 0.6 is 10.7 Å². The molecule has 0 N–H and O–H groups in total. The van der Waals surface area contributed by atoms with Crippen LogP contribution in [-0.2, 0) is 9.05 Å². The third-order valence-corrected chi connectivity index (χ3v) is 3.76. The first-order valence-electron chi connectivity index (χ1n) is 5.62. The number of benzene rings is 1. The molecule has 0 aliphatic heterocycles. The van der Waals surface area contributed by atoms with Gasteiger partial charge in [0.15, 0.2) is 0 Å². The van der Waals surface area contributed by atoms with Crippen molar-refractivity contribution < 1.29 is 17.6 Å². The highest BCUT2D eigenvalue weighted by molar-refractivity contribution is 8.13. The van der Waals surface area contributed by atoms with Crippen LogP contribution in [0.1, 0.15) is 24.2 Å². The summed E-state index contributed by atoms with van der Waals surface area (Å²) in [5.41, 5.74) is 0.0868. The summed E-state index contributed by atoms with van der Waals surface area (Å²) in [5.74, 6) is -1.08. The summed E-state index contributed by atoms with van der Waals surface area (Å²) in [7, 11) is 2.50. The van der Waals surface area contributed by atoms with Gasteiger partial charge in [0.2, 0.25) is 0 Å². The fourth-order valence-corrected chi connectivity index (χ4v) is 2.60. The summed E-state index contributed by atoms with van der Waals surface area (Å²) in [6.07, 6.45) is 0. The lowest BCUT2D eigenvalue weighted by Crippen LogP contribution is -2.30. The largest absolute Gasteiger partial charge is 0.341 e. The maximum atomic E-state index is 13.4. The van der Waals surface area contributed by atoms with Crippen LogP contribution in [0.5, 0.6) is 0 Å². The van der Waals surface area contributed by atoms with E-state index in [2.05, 4.69) is 0 Å². The molecular formula is C12H15ClFNO3S. The van der Waals surface area contributed by atoms with E-state index in [9.17, 15) is 17.6 Å². The van der Waals surface area contributed by atoms with Crippen LogP contribution in [0.25, 0.3) is 0 Å². The third kappa shape index (κ3) is 4.18. The van der Waals surface area contributed by atoms with Crippen molar-refractivity contribution in [1.29, 1.82) is 0 Å². The molecule has 1 amide bonds. The first-order valence-corrected chi connectivity index (χ1v) is 7.93. The van der Waals surface area contributed by atoms with Crippen molar-refractivity contribution in [3.05, 3.63) is 29.6 Å². The number of hydrogen-bond donors (Lipinski definition) is 0. The Kier molecular flexibility index (Phi) is 4.92. The Morgan fingerprint density at radius 2 is 2.00 bits per heavy atom. The maximum Gasteiger partial charge on any atom is 0.264 e. The van der Waals surface area contributed by atoms with Gasteiger partial charge in [-0.15, -0.1) is 0 Å². The smallest absolute Gasteiger partial charge is 0.264 e. The lowest BCUT2D eigenvalue weighted by Gasteiger charge is -2.19. The van der Waals surface area contributed by atoms with Gasteiger partial charge in [0, 0.05) is 29.8 Å². The number of rotatable bonds is 4. The highest BCUT2D eigenvalue weighted by atomic mass is 35.7. The minimum absolute atomic E-state index is 0.0868. The normalized spacial score (nSPS) is 11.7. The number of halogens is 2. The Labute approximate surface area is 116 Å². The highest BCUT2D eigenvalue weighted by Gasteiger charge is 2.20. The van der Waals surface area contributed by atoms with Gasteiger partial charge in [-0.05, 0) is 24.1 Å². The number of carbonyl (C=O) groups is 1. The zero-order valence-corrected chi connectivity index (χ0v) is 12.4. The molecule has 0 aliphatic carbocycles. The van der Waals surface area contributed by atoms with Crippen molar-refractivity contribution in [2.45, 2.75) is 18.7 Å². The van der Waals surface area contributed by atoms with E-state index in [1.54, 1.807) is 7.05 Å². The minimum atomic E-state index is -4.21. The van der Waals surface area contributed by atoms with Gasteiger partial charge in [-0.2, -0.15) is 0 Å². The van der Waals surface area contributed by atoms with Gasteiger partial charge in [0.1, 0.15) is 10.7 Å². The summed E-state index contributed by atoms with van der Waals surface area (Å²) in [5, 5.41) is 0. The highest BCUT2D eigenvalue weighted by Crippen LogP contribution is 2.21. The average Bonchev–Trinajstić information content (AvgIpc) is 2.26. The Morgan fingerprint density at radius 3 is 2.47 bits per heavy atom. The maximum absolute atomic E-state index is 13.4. The predicted molar refractivity (Wildman–Crippen MR) is 71.2 cm³/mol. The SMILES string of the molecule is CC(C)CN(C)C(=O)c1ccc(F)c(S(=O)(=O)Cl)c1. The molecule has 0 heterocycles. The Hall–Kier alpha value is -1.14. The second-order valence-electron chi connectivity index (χ2n) is 4.66. The molecule has 4 nitrogen and oxygen atoms in total. The molecule has 0 saturated carbocycles. The predicted octanol–water partition coefficient (Wildman–Crippen LogP) is 2.48. The number of carbonyl (C=O) groups excluding carboxylic acids is 1. The van der Waals surface area contributed by atoms with E-state index in [1.807, 2.05) is 13.8 Å². The Morgan fingerprint density at radius 1 is 1.42 bits per heavy atom. The fraction of sp³-hybridized carbons (Fsp3) is 0.417. The van der Waals surface area contributed by atoms with Crippen LogP contribution in [0, 0.1) is 11.7 Å². The van der Waals surface area contributed by atoms with E-state index in [4.69, 9.17) is 10.7 Å². The molecule has 19 heavy (non-hydrogen) atoms. The van der Waals surface area contributed by atoms with Crippen LogP contribution in [0.4, 0.5) is 4.39 Å². The zero-order valence-electron chi connectivity index (χ0n) is 10.9. The van der Waals surface area contributed by atoms with Gasteiger partial charge in [0.05, 0.1) is 0 Å². The number of amides is 1. The summed E-state index contributed by atoms with van der Waals surface area (Å²) in [6, 6.07) is 3.11. The molecule has 0 fully saturated rings. The molecule has 7 heteroatoms. The van der Waals surface area contributed by atoms with E-state index in [-0.39, 0.29) is 17.4 Å². The van der Waals surface area contributed by atoms with E-state index >= 15 is 0 Å². The standard InChI is InChI=1S/C12H15ClFNO3S/c1-8(2)7-15(3)12(16)9-4-5-10(14)11(6-9)19(13,17)18/h4-6,8H,7H2,1-3H3. The van der Waals surface area contributed by atoms with Gasteiger partial charge in [-0.1, -0.05) is 13.8 Å². The van der Waals surface area contributed by atoms with Crippen molar-refractivity contribution in [1.82, 2.24) is 4.90 Å². The fourth-order valence-electron chi connectivity index (χ4n) is 1.67. The van der Waals surface area contributed by atoms with Gasteiger partial charge >= 0.3 is 0 Å². The zero-order chi connectivity index (χ0) is 14.8. The third-order valence-electron chi connectivity index (χ3n) is 2.43. The van der Waals surface area contributed by atoms with Crippen molar-refractivity contribution in [2.24, 2.45) is 5.92 Å². The first-order chi connectivity index (χ1) is 8.62. The van der Waals surface area contributed by atoms with Gasteiger partial charge in [0.25, 0.3) is 15.0 Å². The van der Waals surface area contributed by atoms with Crippen LogP contribution in [-0.4, -0.2) is 32.8 Å². The molecule has 1 aromatic carbocycles. The molecule has 1 aromatic rings. The van der Waals surface area contributed by atoms with Crippen LogP contribution in [0.2, 0.25) is 0 Å². The number of hydrogen-bond acceptors (Lipinski definition) is 3. The quantitative estimate of drug-likeness (QED) is 0.803. The van der Waals surface area contributed by atoms with Crippen molar-refractivity contribution >= 4 is 25.6 Å². The molecule has 1 rings (SSSR count). The van der Waals surface area contributed by atoms with E-state index < -0.39 is 19.8 Å². The van der Waals surface area contributed by atoms with E-state index in [1.165, 1.54) is 11.0 Å². The summed E-state index contributed by atoms with van der Waals surface area (Å²) >= 11 is 0. The minimum Gasteiger partial charge on any atom is -0.341 e. The monoisotopic (exact) mass is 307 g/mol. The molecule has 0 aromatic heterocycles. The molecule has 0 radical (unpaired) electrons. The van der Waals surface area contributed by atoms with E-state index in [0.717, 1.165) is 12.1 Å². The molecule has 0 aliphatic rings. The van der Waals surface area contributed by atoms with Gasteiger partial charge in [-0.3, -0.25) is 4.79 Å². The van der Waals surface area contributed by atoms with Crippen LogP contribution in [0.15, 0.2) is 23.1 Å². The lowest BCUT2D eigenvalue weighted by molar-refractivity contribution is 0.0779. The second-order valence-corrected chi connectivity index (χ2v) is 7.20. The molecule has 0 bridgehead atoms. The molecule has 0 saturated heterocycles. The lowest BCUT2D eigenvalue weighted by atomic mass is 10.1. The topological polar surface area (TPSA) is 54.5 Å². The van der Waals surface area contributed by atoms with E-state index in [0.29, 0.717) is 6.54 Å². The van der Waals surface area contributed by atoms with Crippen molar-refractivity contribution in [2.75, 3.05) is 13.6 Å². The molecule has 0 unspecified atom stereocenters. The molecular weight excluding hydrogens is 293 g/mol. The van der Waals surface area contributed by atoms with Crippen molar-refractivity contribution in [3.63, 3.8) is 0 Å². The van der Waals surface area contributed by atoms with Crippen molar-refractivity contribution in [3.8, 4) is 0 Å². The first kappa shape index (κ1) is 15.9.